The number of rotatable bonds is 3. The van der Waals surface area contributed by atoms with E-state index in [9.17, 15) is 0 Å². The molecule has 0 aromatic heterocycles. The van der Waals surface area contributed by atoms with Crippen LogP contribution in [0.25, 0.3) is 0 Å². The number of para-hydroxylation sites is 1. The Morgan fingerprint density at radius 3 is 2.38 bits per heavy atom. The Kier molecular flexibility index (Phi) is 5.63. The van der Waals surface area contributed by atoms with Crippen LogP contribution in [0.4, 0.5) is 0 Å². The Labute approximate surface area is 87.6 Å². The van der Waals surface area contributed by atoms with E-state index in [-0.39, 0.29) is 13.5 Å². The van der Waals surface area contributed by atoms with Crippen LogP contribution in [0.3, 0.4) is 0 Å². The van der Waals surface area contributed by atoms with E-state index < -0.39 is 0 Å². The summed E-state index contributed by atoms with van der Waals surface area (Å²) in [7, 11) is 0. The first-order chi connectivity index (χ1) is 5.70. The first kappa shape index (κ1) is 12.4. The molecule has 2 heteroatoms. The van der Waals surface area contributed by atoms with Gasteiger partial charge in [-0.15, -0.1) is 0 Å². The van der Waals surface area contributed by atoms with Crippen molar-refractivity contribution in [2.24, 2.45) is 5.92 Å². The average Bonchev–Trinajstić information content (AvgIpc) is 2.03. The van der Waals surface area contributed by atoms with Crippen LogP contribution >= 0.6 is 13.5 Å². The number of ether oxygens (including phenoxy) is 1. The lowest BCUT2D eigenvalue weighted by Gasteiger charge is -2.10. The molecule has 0 aliphatic heterocycles. The Hall–Kier alpha value is -0.630. The zero-order chi connectivity index (χ0) is 8.97. The van der Waals surface area contributed by atoms with Gasteiger partial charge in [0.05, 0.1) is 6.61 Å². The largest absolute Gasteiger partial charge is 0.493 e. The van der Waals surface area contributed by atoms with Crippen LogP contribution in [0.5, 0.6) is 5.75 Å². The van der Waals surface area contributed by atoms with Crippen molar-refractivity contribution in [2.75, 3.05) is 6.61 Å². The van der Waals surface area contributed by atoms with Crippen molar-refractivity contribution in [3.63, 3.8) is 0 Å². The number of benzene rings is 1. The van der Waals surface area contributed by atoms with Gasteiger partial charge in [0.15, 0.2) is 0 Å². The number of hydrogen-bond donors (Lipinski definition) is 0. The van der Waals surface area contributed by atoms with E-state index in [2.05, 4.69) is 26.8 Å². The van der Waals surface area contributed by atoms with Gasteiger partial charge in [0, 0.05) is 0 Å². The molecule has 0 fully saturated rings. The molecule has 0 aliphatic rings. The summed E-state index contributed by atoms with van der Waals surface area (Å²) >= 11 is 0. The molecule has 74 valence electrons. The summed E-state index contributed by atoms with van der Waals surface area (Å²) in [6.45, 7) is 7.16. The van der Waals surface area contributed by atoms with Crippen molar-refractivity contribution in [2.45, 2.75) is 20.8 Å². The molecule has 1 aromatic rings. The summed E-state index contributed by atoms with van der Waals surface area (Å²) in [6, 6.07) is 8.10. The quantitative estimate of drug-likeness (QED) is 0.725. The van der Waals surface area contributed by atoms with E-state index >= 15 is 0 Å². The fourth-order valence-corrected chi connectivity index (χ4v) is 0.975. The minimum Gasteiger partial charge on any atom is -0.493 e. The predicted octanol–water partition coefficient (Wildman–Crippen LogP) is 3.14. The molecule has 0 aliphatic carbocycles. The van der Waals surface area contributed by atoms with Crippen LogP contribution in [-0.2, 0) is 0 Å². The van der Waals surface area contributed by atoms with Crippen LogP contribution < -0.4 is 4.74 Å². The lowest BCUT2D eigenvalue weighted by Crippen LogP contribution is -2.05. The topological polar surface area (TPSA) is 9.23 Å². The van der Waals surface area contributed by atoms with Crippen LogP contribution in [-0.4, -0.2) is 6.61 Å². The molecule has 1 aromatic carbocycles. The van der Waals surface area contributed by atoms with Gasteiger partial charge in [-0.3, -0.25) is 0 Å². The maximum Gasteiger partial charge on any atom is 0.122 e. The number of aryl methyl sites for hydroxylation is 1. The van der Waals surface area contributed by atoms with Gasteiger partial charge in [-0.25, -0.2) is 0 Å². The van der Waals surface area contributed by atoms with Gasteiger partial charge in [0.2, 0.25) is 0 Å². The Morgan fingerprint density at radius 2 is 1.85 bits per heavy atom. The summed E-state index contributed by atoms with van der Waals surface area (Å²) in [4.78, 5) is 0. The van der Waals surface area contributed by atoms with Crippen LogP contribution in [0.2, 0.25) is 0 Å². The van der Waals surface area contributed by atoms with Gasteiger partial charge in [-0.05, 0) is 24.5 Å². The standard InChI is InChI=1S/C11H16O.H2S/c1-9(2)8-12-11-7-5-4-6-10(11)3;/h4-7,9H,8H2,1-3H3;1H2. The van der Waals surface area contributed by atoms with Gasteiger partial charge in [-0.1, -0.05) is 32.0 Å². The van der Waals surface area contributed by atoms with E-state index in [4.69, 9.17) is 4.74 Å². The summed E-state index contributed by atoms with van der Waals surface area (Å²) in [5.41, 5.74) is 1.21. The molecule has 0 saturated heterocycles. The first-order valence-electron chi connectivity index (χ1n) is 4.38. The molecule has 0 bridgehead atoms. The third-order valence-electron chi connectivity index (χ3n) is 1.67. The van der Waals surface area contributed by atoms with Crippen molar-refractivity contribution in [1.29, 1.82) is 0 Å². The SMILES string of the molecule is Cc1ccccc1OCC(C)C.S. The molecule has 0 radical (unpaired) electrons. The van der Waals surface area contributed by atoms with E-state index in [0.717, 1.165) is 12.4 Å². The van der Waals surface area contributed by atoms with Crippen molar-refractivity contribution in [1.82, 2.24) is 0 Å². The minimum atomic E-state index is 0. The van der Waals surface area contributed by atoms with Crippen molar-refractivity contribution in [3.8, 4) is 5.75 Å². The summed E-state index contributed by atoms with van der Waals surface area (Å²) in [6.07, 6.45) is 0. The van der Waals surface area contributed by atoms with Gasteiger partial charge in [0.1, 0.15) is 5.75 Å². The highest BCUT2D eigenvalue weighted by molar-refractivity contribution is 7.59. The molecule has 1 nitrogen and oxygen atoms in total. The normalized spacial score (nSPS) is 9.54. The lowest BCUT2D eigenvalue weighted by atomic mass is 10.2. The molecule has 0 amide bonds. The second-order valence-electron chi connectivity index (χ2n) is 3.47. The zero-order valence-electron chi connectivity index (χ0n) is 8.50. The highest BCUT2D eigenvalue weighted by atomic mass is 32.1. The third kappa shape index (κ3) is 4.23. The van der Waals surface area contributed by atoms with Crippen LogP contribution in [0, 0.1) is 12.8 Å². The van der Waals surface area contributed by atoms with Crippen LogP contribution in [0.1, 0.15) is 19.4 Å². The average molecular weight is 198 g/mol. The van der Waals surface area contributed by atoms with E-state index in [1.54, 1.807) is 0 Å². The molecule has 0 heterocycles. The molecule has 0 unspecified atom stereocenters. The maximum absolute atomic E-state index is 5.60. The Morgan fingerprint density at radius 1 is 1.23 bits per heavy atom. The fraction of sp³-hybridized carbons (Fsp3) is 0.455. The fourth-order valence-electron chi connectivity index (χ4n) is 0.975. The molecular weight excluding hydrogens is 180 g/mol. The third-order valence-corrected chi connectivity index (χ3v) is 1.67. The Balaban J connectivity index is 0.00000144. The second-order valence-corrected chi connectivity index (χ2v) is 3.47. The molecular formula is C11H18OS. The summed E-state index contributed by atoms with van der Waals surface area (Å²) in [5, 5.41) is 0. The summed E-state index contributed by atoms with van der Waals surface area (Å²) in [5.74, 6) is 1.59. The van der Waals surface area contributed by atoms with Crippen molar-refractivity contribution >= 4 is 13.5 Å². The van der Waals surface area contributed by atoms with Gasteiger partial charge in [0.25, 0.3) is 0 Å². The van der Waals surface area contributed by atoms with E-state index in [1.165, 1.54) is 5.56 Å². The second kappa shape index (κ2) is 5.92. The van der Waals surface area contributed by atoms with Crippen LogP contribution in [0.15, 0.2) is 24.3 Å². The highest BCUT2D eigenvalue weighted by Gasteiger charge is 1.98. The Bertz CT molecular complexity index is 246. The van der Waals surface area contributed by atoms with Gasteiger partial charge in [-0.2, -0.15) is 13.5 Å². The minimum absolute atomic E-state index is 0. The first-order valence-corrected chi connectivity index (χ1v) is 4.38. The molecule has 0 spiro atoms. The van der Waals surface area contributed by atoms with Crippen molar-refractivity contribution < 1.29 is 4.74 Å². The molecule has 13 heavy (non-hydrogen) atoms. The maximum atomic E-state index is 5.60. The molecule has 0 N–H and O–H groups in total. The van der Waals surface area contributed by atoms with Crippen molar-refractivity contribution in [3.05, 3.63) is 29.8 Å². The molecule has 0 atom stereocenters. The predicted molar refractivity (Wildman–Crippen MR) is 61.9 cm³/mol. The smallest absolute Gasteiger partial charge is 0.122 e. The van der Waals surface area contributed by atoms with E-state index in [1.807, 2.05) is 18.2 Å². The number of hydrogen-bond acceptors (Lipinski definition) is 1. The zero-order valence-corrected chi connectivity index (χ0v) is 9.50. The summed E-state index contributed by atoms with van der Waals surface area (Å²) < 4.78 is 5.60. The lowest BCUT2D eigenvalue weighted by molar-refractivity contribution is 0.269. The molecule has 1 rings (SSSR count). The van der Waals surface area contributed by atoms with Gasteiger partial charge >= 0.3 is 0 Å². The highest BCUT2D eigenvalue weighted by Crippen LogP contribution is 2.16. The van der Waals surface area contributed by atoms with Gasteiger partial charge < -0.3 is 4.74 Å². The monoisotopic (exact) mass is 198 g/mol. The molecule has 0 saturated carbocycles. The van der Waals surface area contributed by atoms with E-state index in [0.29, 0.717) is 5.92 Å².